The largest absolute Gasteiger partial charge is 0.481 e. The monoisotopic (exact) mass is 240 g/mol. The van der Waals surface area contributed by atoms with Crippen molar-refractivity contribution >= 4 is 17.3 Å². The molecular formula is C11H16N2O2S. The Balaban J connectivity index is 1.89. The van der Waals surface area contributed by atoms with Gasteiger partial charge in [-0.05, 0) is 12.8 Å². The molecule has 0 spiro atoms. The Hall–Kier alpha value is -0.940. The Kier molecular flexibility index (Phi) is 3.56. The van der Waals surface area contributed by atoms with Crippen molar-refractivity contribution in [3.05, 3.63) is 16.1 Å². The summed E-state index contributed by atoms with van der Waals surface area (Å²) in [6.07, 6.45) is 4.37. The number of aliphatic carboxylic acids is 1. The number of nitrogens with two attached hydrogens (primary N) is 1. The third-order valence-corrected chi connectivity index (χ3v) is 3.86. The minimum Gasteiger partial charge on any atom is -0.481 e. The highest BCUT2D eigenvalue weighted by atomic mass is 32.1. The van der Waals surface area contributed by atoms with Gasteiger partial charge in [0.2, 0.25) is 0 Å². The number of hydrogen-bond acceptors (Lipinski definition) is 4. The molecule has 4 nitrogen and oxygen atoms in total. The van der Waals surface area contributed by atoms with E-state index >= 15 is 0 Å². The molecule has 1 fully saturated rings. The smallest absolute Gasteiger partial charge is 0.304 e. The van der Waals surface area contributed by atoms with Gasteiger partial charge in [-0.25, -0.2) is 4.98 Å². The molecule has 0 aliphatic heterocycles. The molecule has 16 heavy (non-hydrogen) atoms. The molecule has 0 bridgehead atoms. The second-order valence-corrected chi connectivity index (χ2v) is 5.30. The maximum Gasteiger partial charge on any atom is 0.304 e. The van der Waals surface area contributed by atoms with Gasteiger partial charge >= 0.3 is 5.97 Å². The number of carboxylic acid groups (broad SMARTS) is 1. The van der Waals surface area contributed by atoms with Crippen LogP contribution in [0.2, 0.25) is 0 Å². The van der Waals surface area contributed by atoms with Crippen molar-refractivity contribution in [2.75, 3.05) is 0 Å². The van der Waals surface area contributed by atoms with Gasteiger partial charge in [-0.2, -0.15) is 0 Å². The van der Waals surface area contributed by atoms with E-state index in [1.165, 1.54) is 25.0 Å². The predicted molar refractivity (Wildman–Crippen MR) is 62.6 cm³/mol. The van der Waals surface area contributed by atoms with Crippen LogP contribution in [0, 0.1) is 0 Å². The molecule has 0 radical (unpaired) electrons. The summed E-state index contributed by atoms with van der Waals surface area (Å²) >= 11 is 1.60. The normalized spacial score (nSPS) is 18.1. The molecule has 1 aromatic rings. The number of nitrogens with zero attached hydrogens (tertiary/aromatic N) is 1. The molecular weight excluding hydrogens is 224 g/mol. The third kappa shape index (κ3) is 2.80. The highest BCUT2D eigenvalue weighted by Crippen LogP contribution is 2.36. The van der Waals surface area contributed by atoms with Crippen molar-refractivity contribution < 1.29 is 9.90 Å². The first-order valence-corrected chi connectivity index (χ1v) is 6.45. The summed E-state index contributed by atoms with van der Waals surface area (Å²) < 4.78 is 0. The van der Waals surface area contributed by atoms with Crippen LogP contribution >= 0.6 is 11.3 Å². The molecule has 2 rings (SSSR count). The lowest BCUT2D eigenvalue weighted by molar-refractivity contribution is -0.137. The standard InChI is InChI=1S/C11H16N2O2S/c12-8(5-11(14)15)4-10-13-9(6-16-10)7-2-1-3-7/h6-8H,1-5,12H2,(H,14,15). The Morgan fingerprint density at radius 1 is 1.69 bits per heavy atom. The number of carbonyl (C=O) groups is 1. The average molecular weight is 240 g/mol. The lowest BCUT2D eigenvalue weighted by Gasteiger charge is -2.23. The van der Waals surface area contributed by atoms with E-state index in [1.807, 2.05) is 0 Å². The van der Waals surface area contributed by atoms with Crippen LogP contribution in [0.4, 0.5) is 0 Å². The highest BCUT2D eigenvalue weighted by molar-refractivity contribution is 7.09. The Bertz CT molecular complexity index is 374. The molecule has 88 valence electrons. The van der Waals surface area contributed by atoms with Crippen molar-refractivity contribution in [1.29, 1.82) is 0 Å². The molecule has 0 saturated heterocycles. The predicted octanol–water partition coefficient (Wildman–Crippen LogP) is 1.76. The van der Waals surface area contributed by atoms with Crippen LogP contribution in [0.3, 0.4) is 0 Å². The second kappa shape index (κ2) is 4.93. The van der Waals surface area contributed by atoms with Crippen LogP contribution < -0.4 is 5.73 Å². The van der Waals surface area contributed by atoms with Crippen LogP contribution in [0.5, 0.6) is 0 Å². The summed E-state index contributed by atoms with van der Waals surface area (Å²) in [6.45, 7) is 0. The lowest BCUT2D eigenvalue weighted by atomic mass is 9.83. The molecule has 0 aromatic carbocycles. The van der Waals surface area contributed by atoms with E-state index in [-0.39, 0.29) is 12.5 Å². The zero-order valence-electron chi connectivity index (χ0n) is 9.06. The van der Waals surface area contributed by atoms with E-state index in [2.05, 4.69) is 10.4 Å². The van der Waals surface area contributed by atoms with E-state index in [4.69, 9.17) is 10.8 Å². The minimum absolute atomic E-state index is 0.0122. The number of rotatable bonds is 5. The molecule has 1 aliphatic carbocycles. The first kappa shape index (κ1) is 11.5. The fourth-order valence-electron chi connectivity index (χ4n) is 1.83. The summed E-state index contributed by atoms with van der Waals surface area (Å²) in [7, 11) is 0. The summed E-state index contributed by atoms with van der Waals surface area (Å²) in [5, 5.41) is 11.7. The number of thiazole rings is 1. The number of aromatic nitrogens is 1. The van der Waals surface area contributed by atoms with Crippen molar-refractivity contribution in [3.8, 4) is 0 Å². The SMILES string of the molecule is NC(CC(=O)O)Cc1nc(C2CCC2)cs1. The highest BCUT2D eigenvalue weighted by Gasteiger charge is 2.22. The quantitative estimate of drug-likeness (QED) is 0.822. The van der Waals surface area contributed by atoms with E-state index in [0.29, 0.717) is 12.3 Å². The maximum absolute atomic E-state index is 10.5. The fraction of sp³-hybridized carbons (Fsp3) is 0.636. The first-order valence-electron chi connectivity index (χ1n) is 5.57. The van der Waals surface area contributed by atoms with Gasteiger partial charge in [0.05, 0.1) is 17.1 Å². The lowest BCUT2D eigenvalue weighted by Crippen LogP contribution is -2.26. The Morgan fingerprint density at radius 3 is 3.00 bits per heavy atom. The van der Waals surface area contributed by atoms with Crippen molar-refractivity contribution in [2.45, 2.75) is 44.1 Å². The summed E-state index contributed by atoms with van der Waals surface area (Å²) in [5.74, 6) is -0.205. The summed E-state index contributed by atoms with van der Waals surface area (Å²) in [5.41, 5.74) is 6.90. The molecule has 1 aromatic heterocycles. The van der Waals surface area contributed by atoms with Gasteiger partial charge in [0.25, 0.3) is 0 Å². The van der Waals surface area contributed by atoms with Crippen LogP contribution in [0.1, 0.15) is 42.3 Å². The Morgan fingerprint density at radius 2 is 2.44 bits per heavy atom. The fourth-order valence-corrected chi connectivity index (χ4v) is 2.80. The zero-order valence-corrected chi connectivity index (χ0v) is 9.87. The van der Waals surface area contributed by atoms with Crippen LogP contribution in [0.15, 0.2) is 5.38 Å². The van der Waals surface area contributed by atoms with Gasteiger partial charge in [0, 0.05) is 23.8 Å². The van der Waals surface area contributed by atoms with Crippen molar-refractivity contribution in [3.63, 3.8) is 0 Å². The van der Waals surface area contributed by atoms with Crippen LogP contribution in [0.25, 0.3) is 0 Å². The molecule has 5 heteroatoms. The van der Waals surface area contributed by atoms with Crippen molar-refractivity contribution in [1.82, 2.24) is 4.98 Å². The number of carboxylic acids is 1. The van der Waals surface area contributed by atoms with E-state index < -0.39 is 5.97 Å². The average Bonchev–Trinajstić information content (AvgIpc) is 2.47. The van der Waals surface area contributed by atoms with E-state index in [9.17, 15) is 4.79 Å². The third-order valence-electron chi connectivity index (χ3n) is 2.97. The van der Waals surface area contributed by atoms with Gasteiger partial charge in [-0.3, -0.25) is 4.79 Å². The molecule has 0 amide bonds. The zero-order chi connectivity index (χ0) is 11.5. The first-order chi connectivity index (χ1) is 7.65. The van der Waals surface area contributed by atoms with Gasteiger partial charge in [-0.1, -0.05) is 6.42 Å². The minimum atomic E-state index is -0.844. The van der Waals surface area contributed by atoms with Gasteiger partial charge in [0.1, 0.15) is 0 Å². The topological polar surface area (TPSA) is 76.2 Å². The number of hydrogen-bond donors (Lipinski definition) is 2. The molecule has 1 unspecified atom stereocenters. The van der Waals surface area contributed by atoms with Gasteiger partial charge in [0.15, 0.2) is 0 Å². The van der Waals surface area contributed by atoms with Gasteiger partial charge in [-0.15, -0.1) is 11.3 Å². The summed E-state index contributed by atoms with van der Waals surface area (Å²) in [6, 6.07) is -0.321. The summed E-state index contributed by atoms with van der Waals surface area (Å²) in [4.78, 5) is 15.0. The Labute approximate surface area is 98.5 Å². The van der Waals surface area contributed by atoms with Crippen LogP contribution in [-0.4, -0.2) is 22.1 Å². The molecule has 1 saturated carbocycles. The molecule has 3 N–H and O–H groups in total. The molecule has 1 atom stereocenters. The van der Waals surface area contributed by atoms with E-state index in [1.54, 1.807) is 11.3 Å². The van der Waals surface area contributed by atoms with E-state index in [0.717, 1.165) is 5.01 Å². The van der Waals surface area contributed by atoms with Gasteiger partial charge < -0.3 is 10.8 Å². The van der Waals surface area contributed by atoms with Crippen LogP contribution in [-0.2, 0) is 11.2 Å². The molecule has 1 aliphatic rings. The maximum atomic E-state index is 10.5. The molecule has 1 heterocycles. The second-order valence-electron chi connectivity index (χ2n) is 4.36. The van der Waals surface area contributed by atoms with Crippen molar-refractivity contribution in [2.24, 2.45) is 5.73 Å².